The molecule has 0 aliphatic rings. The van der Waals surface area contributed by atoms with Gasteiger partial charge in [0, 0.05) is 0 Å². The van der Waals surface area contributed by atoms with Gasteiger partial charge in [0.2, 0.25) is 0 Å². The zero-order chi connectivity index (χ0) is 13.4. The molecule has 0 saturated carbocycles. The zero-order valence-corrected chi connectivity index (χ0v) is 11.7. The molecule has 2 N–H and O–H groups in total. The average Bonchev–Trinajstić information content (AvgIpc) is 2.38. The van der Waals surface area contributed by atoms with Crippen molar-refractivity contribution in [2.24, 2.45) is 0 Å². The summed E-state index contributed by atoms with van der Waals surface area (Å²) < 4.78 is 14.3. The molecule has 0 atom stereocenters. The molecule has 0 fully saturated rings. The van der Waals surface area contributed by atoms with Gasteiger partial charge in [0.1, 0.15) is 0 Å². The van der Waals surface area contributed by atoms with Gasteiger partial charge in [-0.1, -0.05) is 0 Å². The standard InChI is InChI=1S/C14H9AsFN3/c15-10-3-9(4-11(16)6-10)8-1-2-13-12(5-8)14(17)19-7-18-13/h1-7H,(H2,17,18,19). The van der Waals surface area contributed by atoms with Crippen molar-refractivity contribution in [3.63, 3.8) is 0 Å². The quantitative estimate of drug-likeness (QED) is 0.697. The molecule has 1 heterocycles. The molecule has 2 radical (unpaired) electrons. The van der Waals surface area contributed by atoms with Crippen LogP contribution in [0.1, 0.15) is 0 Å². The van der Waals surface area contributed by atoms with E-state index < -0.39 is 0 Å². The Morgan fingerprint density at radius 3 is 2.63 bits per heavy atom. The van der Waals surface area contributed by atoms with Crippen LogP contribution in [-0.2, 0) is 0 Å². The van der Waals surface area contributed by atoms with Gasteiger partial charge in [0.05, 0.1) is 0 Å². The van der Waals surface area contributed by atoms with Gasteiger partial charge in [0.25, 0.3) is 0 Å². The van der Waals surface area contributed by atoms with Crippen LogP contribution in [0.2, 0.25) is 0 Å². The number of aromatic nitrogens is 2. The number of nitrogens with two attached hydrogens (primary N) is 1. The van der Waals surface area contributed by atoms with E-state index in [-0.39, 0.29) is 5.82 Å². The molecule has 3 nitrogen and oxygen atoms in total. The number of anilines is 1. The van der Waals surface area contributed by atoms with Crippen molar-refractivity contribution in [1.82, 2.24) is 9.97 Å². The molecule has 3 rings (SSSR count). The summed E-state index contributed by atoms with van der Waals surface area (Å²) in [7, 11) is 0. The Bertz CT molecular complexity index is 753. The Morgan fingerprint density at radius 1 is 1.00 bits per heavy atom. The number of hydrogen-bond acceptors (Lipinski definition) is 3. The second-order valence-electron chi connectivity index (χ2n) is 4.19. The van der Waals surface area contributed by atoms with Gasteiger partial charge in [-0.3, -0.25) is 0 Å². The van der Waals surface area contributed by atoms with Crippen LogP contribution in [0.3, 0.4) is 0 Å². The first-order valence-corrected chi connectivity index (χ1v) is 6.57. The van der Waals surface area contributed by atoms with E-state index in [0.29, 0.717) is 5.82 Å². The van der Waals surface area contributed by atoms with E-state index in [0.717, 1.165) is 26.4 Å². The summed E-state index contributed by atoms with van der Waals surface area (Å²) in [6, 6.07) is 10.5. The number of nitrogen functional groups attached to an aromatic ring is 1. The van der Waals surface area contributed by atoms with Crippen molar-refractivity contribution in [3.05, 3.63) is 48.5 Å². The first-order chi connectivity index (χ1) is 9.13. The van der Waals surface area contributed by atoms with Crippen molar-refractivity contribution in [3.8, 4) is 11.1 Å². The minimum absolute atomic E-state index is 0.259. The second kappa shape index (κ2) is 4.63. The van der Waals surface area contributed by atoms with Gasteiger partial charge in [-0.05, 0) is 0 Å². The molecule has 3 aromatic rings. The summed E-state index contributed by atoms with van der Waals surface area (Å²) in [5.74, 6) is 0.168. The van der Waals surface area contributed by atoms with Gasteiger partial charge < -0.3 is 0 Å². The number of fused-ring (bicyclic) bond motifs is 1. The molecule has 0 saturated heterocycles. The molecule has 19 heavy (non-hydrogen) atoms. The number of halogens is 1. The van der Waals surface area contributed by atoms with Crippen LogP contribution in [0.5, 0.6) is 0 Å². The van der Waals surface area contributed by atoms with Crippen molar-refractivity contribution < 1.29 is 4.39 Å². The van der Waals surface area contributed by atoms with Crippen molar-refractivity contribution in [2.45, 2.75) is 0 Å². The number of rotatable bonds is 1. The Morgan fingerprint density at radius 2 is 1.84 bits per heavy atom. The fourth-order valence-corrected chi connectivity index (χ4v) is 2.55. The predicted molar refractivity (Wildman–Crippen MR) is 74.7 cm³/mol. The fraction of sp³-hybridized carbons (Fsp3) is 0. The first-order valence-electron chi connectivity index (χ1n) is 5.63. The molecular weight excluding hydrogens is 304 g/mol. The third-order valence-electron chi connectivity index (χ3n) is 2.88. The summed E-state index contributed by atoms with van der Waals surface area (Å²) in [6.07, 6.45) is 1.43. The van der Waals surface area contributed by atoms with Crippen LogP contribution in [0.4, 0.5) is 10.2 Å². The van der Waals surface area contributed by atoms with Gasteiger partial charge in [-0.25, -0.2) is 0 Å². The second-order valence-corrected chi connectivity index (χ2v) is 5.27. The Labute approximate surface area is 118 Å². The van der Waals surface area contributed by atoms with Crippen molar-refractivity contribution in [1.29, 1.82) is 0 Å². The van der Waals surface area contributed by atoms with E-state index >= 15 is 0 Å². The molecule has 5 heteroatoms. The Kier molecular flexibility index (Phi) is 2.95. The molecule has 0 aliphatic heterocycles. The predicted octanol–water partition coefficient (Wildman–Crippen LogP) is 1.81. The van der Waals surface area contributed by atoms with Gasteiger partial charge >= 0.3 is 118 Å². The maximum absolute atomic E-state index is 13.4. The summed E-state index contributed by atoms with van der Waals surface area (Å²) in [5.41, 5.74) is 8.31. The van der Waals surface area contributed by atoms with Gasteiger partial charge in [-0.2, -0.15) is 0 Å². The van der Waals surface area contributed by atoms with Crippen LogP contribution in [0.25, 0.3) is 22.0 Å². The molecule has 0 amide bonds. The normalized spacial score (nSPS) is 10.8. The fourth-order valence-electron chi connectivity index (χ4n) is 2.00. The average molecular weight is 313 g/mol. The van der Waals surface area contributed by atoms with Crippen LogP contribution < -0.4 is 10.1 Å². The molecule has 2 aromatic carbocycles. The minimum atomic E-state index is -0.259. The van der Waals surface area contributed by atoms with Gasteiger partial charge in [-0.15, -0.1) is 0 Å². The molecular formula is C14H9AsFN3. The van der Waals surface area contributed by atoms with E-state index in [1.54, 1.807) is 0 Å². The van der Waals surface area contributed by atoms with E-state index in [4.69, 9.17) is 5.73 Å². The monoisotopic (exact) mass is 313 g/mol. The first kappa shape index (κ1) is 12.1. The van der Waals surface area contributed by atoms with E-state index in [9.17, 15) is 4.39 Å². The SMILES string of the molecule is Nc1ncnc2ccc(-c3cc(F)cc([As])c3)cc12. The summed E-state index contributed by atoms with van der Waals surface area (Å²) in [6.45, 7) is 0. The molecule has 0 aliphatic carbocycles. The van der Waals surface area contributed by atoms with Crippen LogP contribution in [-0.4, -0.2) is 26.8 Å². The zero-order valence-electron chi connectivity index (χ0n) is 9.84. The molecule has 92 valence electrons. The van der Waals surface area contributed by atoms with Crippen LogP contribution >= 0.6 is 0 Å². The Hall–Kier alpha value is -1.93. The third kappa shape index (κ3) is 2.31. The molecule has 0 spiro atoms. The number of hydrogen-bond donors (Lipinski definition) is 1. The van der Waals surface area contributed by atoms with E-state index in [1.165, 1.54) is 18.5 Å². The van der Waals surface area contributed by atoms with E-state index in [1.807, 2.05) is 24.3 Å². The van der Waals surface area contributed by atoms with E-state index in [2.05, 4.69) is 26.8 Å². The maximum atomic E-state index is 13.4. The van der Waals surface area contributed by atoms with Crippen molar-refractivity contribution >= 4 is 37.9 Å². The third-order valence-corrected chi connectivity index (χ3v) is 3.42. The molecule has 0 bridgehead atoms. The van der Waals surface area contributed by atoms with Crippen LogP contribution in [0.15, 0.2) is 42.7 Å². The summed E-state index contributed by atoms with van der Waals surface area (Å²) >= 11 is 2.34. The van der Waals surface area contributed by atoms with Crippen molar-refractivity contribution in [2.75, 3.05) is 5.73 Å². The molecule has 1 aromatic heterocycles. The summed E-state index contributed by atoms with van der Waals surface area (Å²) in [4.78, 5) is 8.11. The van der Waals surface area contributed by atoms with Crippen LogP contribution in [0, 0.1) is 5.82 Å². The topological polar surface area (TPSA) is 51.8 Å². The number of nitrogens with zero attached hydrogens (tertiary/aromatic N) is 2. The van der Waals surface area contributed by atoms with Gasteiger partial charge in [0.15, 0.2) is 0 Å². The summed E-state index contributed by atoms with van der Waals surface area (Å²) in [5, 5.41) is 0.774. The molecule has 0 unspecified atom stereocenters. The Balaban J connectivity index is 2.22. The number of benzene rings is 2.